The quantitative estimate of drug-likeness (QED) is 0.346. The zero-order chi connectivity index (χ0) is 24.4. The number of methoxy groups -OCH3 is 1. The van der Waals surface area contributed by atoms with Gasteiger partial charge in [-0.05, 0) is 76.6 Å². The highest BCUT2D eigenvalue weighted by atomic mass is 19.1. The van der Waals surface area contributed by atoms with Crippen LogP contribution in [0.3, 0.4) is 0 Å². The van der Waals surface area contributed by atoms with Gasteiger partial charge in [-0.3, -0.25) is 0 Å². The van der Waals surface area contributed by atoms with Crippen molar-refractivity contribution in [1.29, 1.82) is 0 Å². The number of halogens is 2. The molecule has 0 aliphatic carbocycles. The Morgan fingerprint density at radius 2 is 1.24 bits per heavy atom. The lowest BCUT2D eigenvalue weighted by atomic mass is 9.87. The molecule has 4 rings (SSSR count). The average Bonchev–Trinajstić information content (AvgIpc) is 2.84. The SMILES string of the molecule is COc1cc(-c2cccc(-c3cccc(-c4ccc(CN)c(F)c4)c3C)c2C)cc(F)c1CN. The van der Waals surface area contributed by atoms with Crippen molar-refractivity contribution >= 4 is 0 Å². The molecule has 0 unspecified atom stereocenters. The molecule has 3 nitrogen and oxygen atoms in total. The maximum absolute atomic E-state index is 14.7. The van der Waals surface area contributed by atoms with Crippen molar-refractivity contribution in [2.45, 2.75) is 26.9 Å². The molecular formula is C29H28F2N2O. The Kier molecular flexibility index (Phi) is 6.77. The molecule has 4 N–H and O–H groups in total. The van der Waals surface area contributed by atoms with Gasteiger partial charge in [0.2, 0.25) is 0 Å². The fourth-order valence-electron chi connectivity index (χ4n) is 4.51. The van der Waals surface area contributed by atoms with Crippen molar-refractivity contribution in [1.82, 2.24) is 0 Å². The van der Waals surface area contributed by atoms with Crippen molar-refractivity contribution in [2.24, 2.45) is 11.5 Å². The number of ether oxygens (including phenoxy) is 1. The summed E-state index contributed by atoms with van der Waals surface area (Å²) in [6.45, 7) is 4.28. The van der Waals surface area contributed by atoms with Crippen molar-refractivity contribution in [3.8, 4) is 39.1 Å². The molecule has 0 fully saturated rings. The van der Waals surface area contributed by atoms with Gasteiger partial charge < -0.3 is 16.2 Å². The molecule has 0 bridgehead atoms. The van der Waals surface area contributed by atoms with Gasteiger partial charge in [-0.15, -0.1) is 0 Å². The van der Waals surface area contributed by atoms with Crippen LogP contribution in [-0.4, -0.2) is 7.11 Å². The third kappa shape index (κ3) is 4.20. The molecule has 0 saturated heterocycles. The summed E-state index contributed by atoms with van der Waals surface area (Å²) in [6.07, 6.45) is 0. The monoisotopic (exact) mass is 458 g/mol. The predicted molar refractivity (Wildman–Crippen MR) is 134 cm³/mol. The van der Waals surface area contributed by atoms with Crippen LogP contribution in [0.5, 0.6) is 5.75 Å². The van der Waals surface area contributed by atoms with Gasteiger partial charge in [-0.2, -0.15) is 0 Å². The molecule has 0 aliphatic rings. The average molecular weight is 459 g/mol. The van der Waals surface area contributed by atoms with Crippen molar-refractivity contribution in [3.05, 3.63) is 101 Å². The normalized spacial score (nSPS) is 11.0. The third-order valence-electron chi connectivity index (χ3n) is 6.43. The smallest absolute Gasteiger partial charge is 0.132 e. The summed E-state index contributed by atoms with van der Waals surface area (Å²) < 4.78 is 34.5. The van der Waals surface area contributed by atoms with E-state index in [2.05, 4.69) is 0 Å². The molecule has 5 heteroatoms. The first-order chi connectivity index (χ1) is 16.4. The summed E-state index contributed by atoms with van der Waals surface area (Å²) in [5.41, 5.74) is 19.6. The first kappa shape index (κ1) is 23.6. The van der Waals surface area contributed by atoms with Gasteiger partial charge in [0.25, 0.3) is 0 Å². The molecule has 0 amide bonds. The highest BCUT2D eigenvalue weighted by molar-refractivity contribution is 5.84. The lowest BCUT2D eigenvalue weighted by Gasteiger charge is -2.18. The fraction of sp³-hybridized carbons (Fsp3) is 0.172. The Balaban J connectivity index is 1.84. The maximum Gasteiger partial charge on any atom is 0.132 e. The molecular weight excluding hydrogens is 430 g/mol. The second-order valence-electron chi connectivity index (χ2n) is 8.31. The van der Waals surface area contributed by atoms with Crippen LogP contribution in [0.4, 0.5) is 8.78 Å². The van der Waals surface area contributed by atoms with Crippen LogP contribution in [0.25, 0.3) is 33.4 Å². The van der Waals surface area contributed by atoms with E-state index in [4.69, 9.17) is 16.2 Å². The minimum Gasteiger partial charge on any atom is -0.496 e. The molecule has 0 radical (unpaired) electrons. The minimum atomic E-state index is -0.386. The lowest BCUT2D eigenvalue weighted by Crippen LogP contribution is -2.04. The van der Waals surface area contributed by atoms with Gasteiger partial charge in [0, 0.05) is 24.2 Å². The van der Waals surface area contributed by atoms with Crippen LogP contribution in [0, 0.1) is 25.5 Å². The van der Waals surface area contributed by atoms with Crippen LogP contribution in [0.2, 0.25) is 0 Å². The first-order valence-electron chi connectivity index (χ1n) is 11.1. The predicted octanol–water partition coefficient (Wildman–Crippen LogP) is 6.51. The van der Waals surface area contributed by atoms with Crippen molar-refractivity contribution in [3.63, 3.8) is 0 Å². The van der Waals surface area contributed by atoms with Gasteiger partial charge in [0.05, 0.1) is 7.11 Å². The van der Waals surface area contributed by atoms with Crippen molar-refractivity contribution < 1.29 is 13.5 Å². The first-order valence-corrected chi connectivity index (χ1v) is 11.1. The molecule has 0 saturated carbocycles. The van der Waals surface area contributed by atoms with Gasteiger partial charge in [0.15, 0.2) is 0 Å². The molecule has 0 heterocycles. The van der Waals surface area contributed by atoms with E-state index in [1.807, 2.05) is 62.4 Å². The summed E-state index contributed by atoms with van der Waals surface area (Å²) in [5.74, 6) is -0.258. The number of benzene rings is 4. The number of rotatable bonds is 6. The van der Waals surface area contributed by atoms with Crippen molar-refractivity contribution in [2.75, 3.05) is 7.11 Å². The van der Waals surface area contributed by atoms with Crippen LogP contribution in [-0.2, 0) is 13.1 Å². The van der Waals surface area contributed by atoms with E-state index in [0.29, 0.717) is 16.9 Å². The number of nitrogens with two attached hydrogens (primary N) is 2. The summed E-state index contributed by atoms with van der Waals surface area (Å²) in [4.78, 5) is 0. The molecule has 4 aromatic carbocycles. The third-order valence-corrected chi connectivity index (χ3v) is 6.43. The fourth-order valence-corrected chi connectivity index (χ4v) is 4.51. The van der Waals surface area contributed by atoms with Gasteiger partial charge in [-0.1, -0.05) is 48.5 Å². The summed E-state index contributed by atoms with van der Waals surface area (Å²) in [7, 11) is 1.51. The van der Waals surface area contributed by atoms with E-state index in [9.17, 15) is 8.78 Å². The topological polar surface area (TPSA) is 61.3 Å². The molecule has 0 atom stereocenters. The molecule has 0 aromatic heterocycles. The van der Waals surface area contributed by atoms with E-state index >= 15 is 0 Å². The Hall–Kier alpha value is -3.54. The standard InChI is InChI=1S/C29H28F2N2O/c1-17-22(19-10-11-20(15-32)27(30)12-19)6-4-8-24(17)25-9-5-7-23(18(25)2)21-13-28(31)26(16-33)29(14-21)34-3/h4-14H,15-16,32-33H2,1-3H3. The summed E-state index contributed by atoms with van der Waals surface area (Å²) >= 11 is 0. The second-order valence-corrected chi connectivity index (χ2v) is 8.31. The summed E-state index contributed by atoms with van der Waals surface area (Å²) in [5, 5.41) is 0. The van der Waals surface area contributed by atoms with E-state index in [-0.39, 0.29) is 24.7 Å². The Morgan fingerprint density at radius 3 is 1.76 bits per heavy atom. The molecule has 174 valence electrons. The highest BCUT2D eigenvalue weighted by Gasteiger charge is 2.16. The Morgan fingerprint density at radius 1 is 0.676 bits per heavy atom. The van der Waals surface area contributed by atoms with Crippen LogP contribution < -0.4 is 16.2 Å². The molecule has 34 heavy (non-hydrogen) atoms. The van der Waals surface area contributed by atoms with E-state index in [1.54, 1.807) is 6.07 Å². The lowest BCUT2D eigenvalue weighted by molar-refractivity contribution is 0.405. The van der Waals surface area contributed by atoms with E-state index < -0.39 is 0 Å². The largest absolute Gasteiger partial charge is 0.496 e. The molecule has 4 aromatic rings. The highest BCUT2D eigenvalue weighted by Crippen LogP contribution is 2.38. The van der Waals surface area contributed by atoms with Gasteiger partial charge in [0.1, 0.15) is 17.4 Å². The van der Waals surface area contributed by atoms with Crippen LogP contribution in [0.1, 0.15) is 22.3 Å². The van der Waals surface area contributed by atoms with Gasteiger partial charge in [-0.25, -0.2) is 8.78 Å². The number of hydrogen-bond acceptors (Lipinski definition) is 3. The zero-order valence-corrected chi connectivity index (χ0v) is 19.6. The Bertz CT molecular complexity index is 1360. The van der Waals surface area contributed by atoms with Gasteiger partial charge >= 0.3 is 0 Å². The maximum atomic E-state index is 14.7. The summed E-state index contributed by atoms with van der Waals surface area (Å²) in [6, 6.07) is 20.5. The van der Waals surface area contributed by atoms with Crippen LogP contribution in [0.15, 0.2) is 66.7 Å². The number of hydrogen-bond donors (Lipinski definition) is 2. The second kappa shape index (κ2) is 9.75. The molecule has 0 aliphatic heterocycles. The minimum absolute atomic E-state index is 0.0626. The Labute approximate surface area is 199 Å². The molecule has 0 spiro atoms. The van der Waals surface area contributed by atoms with Crippen LogP contribution >= 0.6 is 0 Å². The zero-order valence-electron chi connectivity index (χ0n) is 19.6. The van der Waals surface area contributed by atoms with E-state index in [0.717, 1.165) is 44.5 Å². The van der Waals surface area contributed by atoms with E-state index in [1.165, 1.54) is 19.2 Å².